The molecule has 0 radical (unpaired) electrons. The zero-order chi connectivity index (χ0) is 6.69. The van der Waals surface area contributed by atoms with Gasteiger partial charge in [0.2, 0.25) is 0 Å². The van der Waals surface area contributed by atoms with Crippen LogP contribution in [0, 0.1) is 6.92 Å². The summed E-state index contributed by atoms with van der Waals surface area (Å²) >= 11 is 1.09. The predicted molar refractivity (Wildman–Crippen MR) is 46.3 cm³/mol. The second kappa shape index (κ2) is 7.15. The van der Waals surface area contributed by atoms with Crippen molar-refractivity contribution in [2.45, 2.75) is 6.92 Å². The first-order chi connectivity index (χ1) is 4.34. The van der Waals surface area contributed by atoms with Crippen molar-refractivity contribution in [2.75, 3.05) is 0 Å². The minimum Gasteiger partial charge on any atom is -0.147 e. The third-order valence-electron chi connectivity index (χ3n) is 1.20. The fourth-order valence-electron chi connectivity index (χ4n) is 0.671. The van der Waals surface area contributed by atoms with E-state index in [0.717, 1.165) is 30.9 Å². The molecule has 1 aromatic carbocycles. The number of aryl methyl sites for hydroxylation is 1. The van der Waals surface area contributed by atoms with Gasteiger partial charge in [0.05, 0.1) is 0 Å². The molecule has 0 aromatic heterocycles. The molecule has 0 heterocycles. The van der Waals surface area contributed by atoms with Crippen molar-refractivity contribution in [3.05, 3.63) is 29.8 Å². The monoisotopic (exact) mass is 269 g/mol. The molecular formula is C7H9Cl2OZr. The number of hydrogen-bond acceptors (Lipinski definition) is 1. The van der Waals surface area contributed by atoms with Gasteiger partial charge in [-0.3, -0.25) is 0 Å². The van der Waals surface area contributed by atoms with Gasteiger partial charge in [-0.05, 0) is 0 Å². The molecule has 0 spiro atoms. The van der Waals surface area contributed by atoms with Crippen LogP contribution >= 0.6 is 24.8 Å². The normalized spacial score (nSPS) is 7.27. The summed E-state index contributed by atoms with van der Waals surface area (Å²) in [5, 5.41) is 0. The number of hydrogen-bond donors (Lipinski definition) is 0. The van der Waals surface area contributed by atoms with Crippen molar-refractivity contribution < 1.29 is 28.0 Å². The van der Waals surface area contributed by atoms with Crippen molar-refractivity contribution in [3.8, 4) is 5.75 Å². The van der Waals surface area contributed by atoms with E-state index in [1.54, 1.807) is 0 Å². The minimum absolute atomic E-state index is 0. The second-order valence-electron chi connectivity index (χ2n) is 1.87. The van der Waals surface area contributed by atoms with Crippen LogP contribution in [-0.4, -0.2) is 0 Å². The van der Waals surface area contributed by atoms with Gasteiger partial charge in [-0.25, -0.2) is 0 Å². The molecule has 61 valence electrons. The largest absolute Gasteiger partial charge is 0.147 e. The van der Waals surface area contributed by atoms with Gasteiger partial charge in [0.25, 0.3) is 0 Å². The van der Waals surface area contributed by atoms with Gasteiger partial charge in [-0.2, -0.15) is 0 Å². The third kappa shape index (κ3) is 4.15. The molecule has 1 nitrogen and oxygen atoms in total. The van der Waals surface area contributed by atoms with E-state index in [-0.39, 0.29) is 24.8 Å². The molecule has 0 saturated carbocycles. The molecule has 0 aliphatic heterocycles. The minimum atomic E-state index is 0. The summed E-state index contributed by atoms with van der Waals surface area (Å²) in [7, 11) is 0. The van der Waals surface area contributed by atoms with Gasteiger partial charge in [-0.1, -0.05) is 0 Å². The summed E-state index contributed by atoms with van der Waals surface area (Å²) < 4.78 is 5.13. The molecule has 0 aliphatic rings. The Bertz CT molecular complexity index is 205. The van der Waals surface area contributed by atoms with E-state index in [1.807, 2.05) is 31.2 Å². The molecule has 0 amide bonds. The Morgan fingerprint density at radius 1 is 1.18 bits per heavy atom. The van der Waals surface area contributed by atoms with Crippen LogP contribution < -0.4 is 2.81 Å². The topological polar surface area (TPSA) is 9.23 Å². The zero-order valence-electron chi connectivity index (χ0n) is 6.03. The molecule has 4 heteroatoms. The summed E-state index contributed by atoms with van der Waals surface area (Å²) in [6.07, 6.45) is 0. The van der Waals surface area contributed by atoms with E-state index in [1.165, 1.54) is 5.56 Å². The van der Waals surface area contributed by atoms with Crippen molar-refractivity contribution in [2.24, 2.45) is 0 Å². The first kappa shape index (κ1) is 14.0. The van der Waals surface area contributed by atoms with Crippen molar-refractivity contribution in [3.63, 3.8) is 0 Å². The first-order valence-electron chi connectivity index (χ1n) is 2.74. The molecule has 0 unspecified atom stereocenters. The van der Waals surface area contributed by atoms with E-state index < -0.39 is 0 Å². The van der Waals surface area contributed by atoms with Gasteiger partial charge < -0.3 is 0 Å². The molecular weight excluding hydrogens is 262 g/mol. The Kier molecular flexibility index (Phi) is 9.12. The smallest absolute Gasteiger partial charge is 0.147 e. The Balaban J connectivity index is 0. The van der Waals surface area contributed by atoms with E-state index in [0.29, 0.717) is 0 Å². The molecule has 11 heavy (non-hydrogen) atoms. The van der Waals surface area contributed by atoms with Crippen LogP contribution in [0.15, 0.2) is 24.3 Å². The molecule has 0 atom stereocenters. The predicted octanol–water partition coefficient (Wildman–Crippen LogP) is 2.68. The number of benzene rings is 1. The maximum atomic E-state index is 5.13. The van der Waals surface area contributed by atoms with E-state index in [9.17, 15) is 0 Å². The van der Waals surface area contributed by atoms with Crippen LogP contribution in [0.1, 0.15) is 5.56 Å². The zero-order valence-corrected chi connectivity index (χ0v) is 10.1. The second-order valence-corrected chi connectivity index (χ2v) is 2.37. The molecule has 0 aliphatic carbocycles. The van der Waals surface area contributed by atoms with Crippen molar-refractivity contribution >= 4 is 24.8 Å². The number of para-hydroxylation sites is 1. The Labute approximate surface area is 94.8 Å². The van der Waals surface area contributed by atoms with Crippen LogP contribution in [0.2, 0.25) is 0 Å². The molecule has 0 saturated heterocycles. The van der Waals surface area contributed by atoms with Crippen LogP contribution in [0.25, 0.3) is 0 Å². The summed E-state index contributed by atoms with van der Waals surface area (Å²) in [6, 6.07) is 8.00. The summed E-state index contributed by atoms with van der Waals surface area (Å²) in [4.78, 5) is 0. The van der Waals surface area contributed by atoms with Crippen LogP contribution in [0.5, 0.6) is 5.75 Å². The Morgan fingerprint density at radius 2 is 1.73 bits per heavy atom. The molecule has 1 rings (SSSR count). The quantitative estimate of drug-likeness (QED) is 0.763. The van der Waals surface area contributed by atoms with E-state index in [4.69, 9.17) is 2.81 Å². The molecule has 0 bridgehead atoms. The summed E-state index contributed by atoms with van der Waals surface area (Å²) in [5.74, 6) is 0.996. The maximum Gasteiger partial charge on any atom is -0.147 e. The number of rotatable bonds is 1. The summed E-state index contributed by atoms with van der Waals surface area (Å²) in [5.41, 5.74) is 1.20. The van der Waals surface area contributed by atoms with Crippen LogP contribution in [-0.2, 0) is 25.2 Å². The number of halogens is 2. The Hall–Kier alpha value is 0.483. The van der Waals surface area contributed by atoms with Gasteiger partial charge in [0.15, 0.2) is 0 Å². The fraction of sp³-hybridized carbons (Fsp3) is 0.143. The van der Waals surface area contributed by atoms with E-state index >= 15 is 0 Å². The van der Waals surface area contributed by atoms with Crippen LogP contribution in [0.4, 0.5) is 0 Å². The maximum absolute atomic E-state index is 5.13. The van der Waals surface area contributed by atoms with Gasteiger partial charge in [0, 0.05) is 0 Å². The first-order valence-corrected chi connectivity index (χ1v) is 3.74. The van der Waals surface area contributed by atoms with Crippen molar-refractivity contribution in [1.29, 1.82) is 0 Å². The summed E-state index contributed by atoms with van der Waals surface area (Å²) in [6.45, 7) is 2.04. The molecule has 0 fully saturated rings. The Morgan fingerprint density at radius 3 is 2.09 bits per heavy atom. The molecule has 1 aromatic rings. The van der Waals surface area contributed by atoms with Gasteiger partial charge in [-0.15, -0.1) is 24.8 Å². The molecule has 0 N–H and O–H groups in total. The fourth-order valence-corrected chi connectivity index (χ4v) is 1.23. The average Bonchev–Trinajstić information content (AvgIpc) is 1.89. The van der Waals surface area contributed by atoms with Crippen molar-refractivity contribution in [1.82, 2.24) is 0 Å². The van der Waals surface area contributed by atoms with Crippen LogP contribution in [0.3, 0.4) is 0 Å². The standard InChI is InChI=1S/C7H8O.2ClH.Zr/c1-6-4-2-3-5-7(6)8;;;/h2-5,8H,1H3;2*1H;/q;;;+1/p-1. The SMILES string of the molecule is Cc1ccccc1[O][Zr].Cl.Cl. The van der Waals surface area contributed by atoms with Gasteiger partial charge in [0.1, 0.15) is 0 Å². The van der Waals surface area contributed by atoms with Gasteiger partial charge >= 0.3 is 70.5 Å². The average molecular weight is 271 g/mol. The third-order valence-corrected chi connectivity index (χ3v) is 1.74. The van der Waals surface area contributed by atoms with E-state index in [2.05, 4.69) is 0 Å².